The smallest absolute Gasteiger partial charge is 0.407 e. The van der Waals surface area contributed by atoms with E-state index in [1.807, 2.05) is 0 Å². The summed E-state index contributed by atoms with van der Waals surface area (Å²) in [6.07, 6.45) is -0.0702. The van der Waals surface area contributed by atoms with Crippen molar-refractivity contribution in [1.29, 1.82) is 0 Å². The number of nitrogens with zero attached hydrogens (tertiary/aromatic N) is 2. The normalized spacial score (nSPS) is 20.4. The third-order valence-corrected chi connectivity index (χ3v) is 4.28. The van der Waals surface area contributed by atoms with Gasteiger partial charge in [0.25, 0.3) is 5.69 Å². The minimum atomic E-state index is -0.609. The quantitative estimate of drug-likeness (QED) is 0.578. The maximum atomic E-state index is 12.0. The molecule has 25 heavy (non-hydrogen) atoms. The Morgan fingerprint density at radius 1 is 1.52 bits per heavy atom. The summed E-state index contributed by atoms with van der Waals surface area (Å²) in [6.45, 7) is 5.50. The van der Waals surface area contributed by atoms with Crippen LogP contribution in [0.1, 0.15) is 27.2 Å². The van der Waals surface area contributed by atoms with Crippen LogP contribution in [-0.2, 0) is 4.74 Å². The molecular formula is C16H22BrN3O5. The first kappa shape index (κ1) is 19.5. The molecular weight excluding hydrogens is 394 g/mol. The first-order chi connectivity index (χ1) is 11.6. The van der Waals surface area contributed by atoms with Crippen molar-refractivity contribution < 1.29 is 19.6 Å². The number of halogens is 1. The standard InChI is InChI=1S/C16H22BrN3O5/c1-16(2,3)25-15(22)18-11-7-12(9-21)19(8-11)14-6-10(17)4-5-13(14)20(23)24/h4-6,11-12,21H,7-9H2,1-3H3,(H,18,22)/t11-,12-/m0/s1. The fourth-order valence-electron chi connectivity index (χ4n) is 2.84. The number of carbonyl (C=O) groups excluding carboxylic acids is 1. The molecule has 0 unspecified atom stereocenters. The zero-order valence-electron chi connectivity index (χ0n) is 14.4. The van der Waals surface area contributed by atoms with Gasteiger partial charge in [-0.05, 0) is 39.3 Å². The molecule has 0 spiro atoms. The van der Waals surface area contributed by atoms with Gasteiger partial charge >= 0.3 is 6.09 Å². The molecule has 0 aliphatic carbocycles. The van der Waals surface area contributed by atoms with Gasteiger partial charge in [0, 0.05) is 17.1 Å². The van der Waals surface area contributed by atoms with Crippen molar-refractivity contribution in [2.75, 3.05) is 18.1 Å². The molecule has 0 bridgehead atoms. The number of aliphatic hydroxyl groups excluding tert-OH is 1. The summed E-state index contributed by atoms with van der Waals surface area (Å²) in [5.41, 5.74) is -0.242. The Morgan fingerprint density at radius 3 is 2.76 bits per heavy atom. The van der Waals surface area contributed by atoms with Crippen molar-refractivity contribution >= 4 is 33.4 Å². The van der Waals surface area contributed by atoms with E-state index >= 15 is 0 Å². The van der Waals surface area contributed by atoms with Gasteiger partial charge in [-0.25, -0.2) is 4.79 Å². The summed E-state index contributed by atoms with van der Waals surface area (Å²) in [5, 5.41) is 23.7. The first-order valence-corrected chi connectivity index (χ1v) is 8.71. The van der Waals surface area contributed by atoms with Crippen LogP contribution in [0.3, 0.4) is 0 Å². The van der Waals surface area contributed by atoms with Crippen LogP contribution in [0.25, 0.3) is 0 Å². The van der Waals surface area contributed by atoms with E-state index in [1.54, 1.807) is 37.8 Å². The maximum absolute atomic E-state index is 12.0. The van der Waals surface area contributed by atoms with Crippen LogP contribution in [0.15, 0.2) is 22.7 Å². The van der Waals surface area contributed by atoms with E-state index in [0.29, 0.717) is 23.1 Å². The monoisotopic (exact) mass is 415 g/mol. The van der Waals surface area contributed by atoms with Crippen LogP contribution in [0.2, 0.25) is 0 Å². The van der Waals surface area contributed by atoms with Gasteiger partial charge in [0.1, 0.15) is 11.3 Å². The number of benzene rings is 1. The van der Waals surface area contributed by atoms with Gasteiger partial charge < -0.3 is 20.1 Å². The average molecular weight is 416 g/mol. The van der Waals surface area contributed by atoms with E-state index in [9.17, 15) is 20.0 Å². The van der Waals surface area contributed by atoms with E-state index in [2.05, 4.69) is 21.2 Å². The summed E-state index contributed by atoms with van der Waals surface area (Å²) in [5.74, 6) is 0. The van der Waals surface area contributed by atoms with Crippen LogP contribution in [0.4, 0.5) is 16.2 Å². The Kier molecular flexibility index (Phi) is 5.89. The van der Waals surface area contributed by atoms with Crippen molar-refractivity contribution in [2.45, 2.75) is 44.9 Å². The highest BCUT2D eigenvalue weighted by Gasteiger charge is 2.36. The summed E-state index contributed by atoms with van der Waals surface area (Å²) in [4.78, 5) is 24.6. The summed E-state index contributed by atoms with van der Waals surface area (Å²) in [7, 11) is 0. The highest BCUT2D eigenvalue weighted by Crippen LogP contribution is 2.35. The minimum absolute atomic E-state index is 0.0421. The van der Waals surface area contributed by atoms with Crippen LogP contribution in [0, 0.1) is 10.1 Å². The predicted octanol–water partition coefficient (Wildman–Crippen LogP) is 2.82. The van der Waals surface area contributed by atoms with Gasteiger partial charge in [-0.15, -0.1) is 0 Å². The van der Waals surface area contributed by atoms with Crippen LogP contribution in [0.5, 0.6) is 0 Å². The molecule has 138 valence electrons. The molecule has 2 rings (SSSR count). The van der Waals surface area contributed by atoms with E-state index in [-0.39, 0.29) is 24.4 Å². The van der Waals surface area contributed by atoms with E-state index < -0.39 is 16.6 Å². The molecule has 1 aliphatic heterocycles. The molecule has 1 aromatic rings. The summed E-state index contributed by atoms with van der Waals surface area (Å²) in [6, 6.07) is 4.07. The summed E-state index contributed by atoms with van der Waals surface area (Å²) >= 11 is 3.32. The van der Waals surface area contributed by atoms with E-state index in [0.717, 1.165) is 0 Å². The van der Waals surface area contributed by atoms with Crippen molar-refractivity contribution in [2.24, 2.45) is 0 Å². The maximum Gasteiger partial charge on any atom is 0.407 e. The lowest BCUT2D eigenvalue weighted by atomic mass is 10.1. The van der Waals surface area contributed by atoms with E-state index in [4.69, 9.17) is 4.74 Å². The number of amides is 1. The lowest BCUT2D eigenvalue weighted by Crippen LogP contribution is -2.40. The van der Waals surface area contributed by atoms with Crippen LogP contribution >= 0.6 is 15.9 Å². The van der Waals surface area contributed by atoms with Crippen molar-refractivity contribution in [3.63, 3.8) is 0 Å². The molecule has 1 aliphatic rings. The molecule has 1 fully saturated rings. The first-order valence-electron chi connectivity index (χ1n) is 7.91. The molecule has 0 saturated carbocycles. The zero-order chi connectivity index (χ0) is 18.8. The Labute approximate surface area is 154 Å². The molecule has 1 saturated heterocycles. The van der Waals surface area contributed by atoms with Crippen molar-refractivity contribution in [1.82, 2.24) is 5.32 Å². The number of aliphatic hydroxyl groups is 1. The number of rotatable bonds is 4. The molecule has 2 atom stereocenters. The number of ether oxygens (including phenoxy) is 1. The van der Waals surface area contributed by atoms with E-state index in [1.165, 1.54) is 6.07 Å². The number of alkyl carbamates (subject to hydrolysis) is 1. The predicted molar refractivity (Wildman–Crippen MR) is 96.8 cm³/mol. The van der Waals surface area contributed by atoms with Crippen LogP contribution < -0.4 is 10.2 Å². The molecule has 1 heterocycles. The second kappa shape index (κ2) is 7.57. The third-order valence-electron chi connectivity index (χ3n) is 3.79. The lowest BCUT2D eigenvalue weighted by molar-refractivity contribution is -0.384. The van der Waals surface area contributed by atoms with Crippen molar-refractivity contribution in [3.05, 3.63) is 32.8 Å². The highest BCUT2D eigenvalue weighted by atomic mass is 79.9. The van der Waals surface area contributed by atoms with Gasteiger partial charge in [0.05, 0.1) is 23.6 Å². The molecule has 2 N–H and O–H groups in total. The second-order valence-corrected chi connectivity index (χ2v) is 7.87. The van der Waals surface area contributed by atoms with Gasteiger partial charge in [0.15, 0.2) is 0 Å². The topological polar surface area (TPSA) is 105 Å². The molecule has 9 heteroatoms. The Morgan fingerprint density at radius 2 is 2.20 bits per heavy atom. The Balaban J connectivity index is 2.19. The van der Waals surface area contributed by atoms with Crippen molar-refractivity contribution in [3.8, 4) is 0 Å². The van der Waals surface area contributed by atoms with Gasteiger partial charge in [-0.3, -0.25) is 10.1 Å². The molecule has 8 nitrogen and oxygen atoms in total. The Bertz CT molecular complexity index is 662. The lowest BCUT2D eigenvalue weighted by Gasteiger charge is -2.25. The Hall–Kier alpha value is -1.87. The number of nitrogens with one attached hydrogen (secondary N) is 1. The zero-order valence-corrected chi connectivity index (χ0v) is 15.9. The SMILES string of the molecule is CC(C)(C)OC(=O)N[C@H]1C[C@@H](CO)N(c2cc(Br)ccc2[N+](=O)[O-])C1. The van der Waals surface area contributed by atoms with Gasteiger partial charge in [-0.1, -0.05) is 15.9 Å². The fourth-order valence-corrected chi connectivity index (χ4v) is 3.19. The number of anilines is 1. The molecule has 1 amide bonds. The summed E-state index contributed by atoms with van der Waals surface area (Å²) < 4.78 is 5.95. The largest absolute Gasteiger partial charge is 0.444 e. The average Bonchev–Trinajstić information content (AvgIpc) is 2.87. The highest BCUT2D eigenvalue weighted by molar-refractivity contribution is 9.10. The molecule has 1 aromatic carbocycles. The number of carbonyl (C=O) groups is 1. The molecule has 0 radical (unpaired) electrons. The number of nitro groups is 1. The third kappa shape index (κ3) is 5.05. The number of hydrogen-bond acceptors (Lipinski definition) is 6. The van der Waals surface area contributed by atoms with Crippen LogP contribution in [-0.4, -0.2) is 47.0 Å². The fraction of sp³-hybridized carbons (Fsp3) is 0.562. The van der Waals surface area contributed by atoms with Gasteiger partial charge in [-0.2, -0.15) is 0 Å². The molecule has 0 aromatic heterocycles. The minimum Gasteiger partial charge on any atom is -0.444 e. The second-order valence-electron chi connectivity index (χ2n) is 6.96. The van der Waals surface area contributed by atoms with Gasteiger partial charge in [0.2, 0.25) is 0 Å². The number of nitro benzene ring substituents is 1. The number of hydrogen-bond donors (Lipinski definition) is 2.